The van der Waals surface area contributed by atoms with Gasteiger partial charge in [0.15, 0.2) is 5.72 Å². The van der Waals surface area contributed by atoms with Gasteiger partial charge in [-0.1, -0.05) is 36.4 Å². The zero-order valence-corrected chi connectivity index (χ0v) is 12.0. The summed E-state index contributed by atoms with van der Waals surface area (Å²) >= 11 is 0. The number of esters is 1. The molecule has 21 heavy (non-hydrogen) atoms. The van der Waals surface area contributed by atoms with Gasteiger partial charge in [-0.25, -0.2) is 4.79 Å². The maximum Gasteiger partial charge on any atom is 0.339 e. The number of ether oxygens (including phenoxy) is 1. The lowest BCUT2D eigenvalue weighted by Crippen LogP contribution is -2.41. The second-order valence-electron chi connectivity index (χ2n) is 5.20. The van der Waals surface area contributed by atoms with Crippen LogP contribution in [0.3, 0.4) is 0 Å². The minimum Gasteiger partial charge on any atom is -0.508 e. The minimum atomic E-state index is -1.09. The molecular weight excluding hydrogens is 266 g/mol. The number of para-hydroxylation sites is 1. The molecule has 0 aromatic heterocycles. The normalized spacial score (nSPS) is 13.4. The molecule has 0 saturated carbocycles. The topological polar surface area (TPSA) is 72.6 Å². The molecule has 0 aliphatic carbocycles. The highest BCUT2D eigenvalue weighted by molar-refractivity contribution is 5.89. The third kappa shape index (κ3) is 4.33. The van der Waals surface area contributed by atoms with Gasteiger partial charge >= 0.3 is 5.97 Å². The van der Waals surface area contributed by atoms with Crippen molar-refractivity contribution in [3.8, 4) is 5.75 Å². The Morgan fingerprint density at radius 2 is 1.76 bits per heavy atom. The highest BCUT2D eigenvalue weighted by Gasteiger charge is 2.24. The number of benzene rings is 2. The summed E-state index contributed by atoms with van der Waals surface area (Å²) in [7, 11) is 0. The first-order valence-electron chi connectivity index (χ1n) is 6.82. The summed E-state index contributed by atoms with van der Waals surface area (Å²) in [4.78, 5) is 12.0. The first-order chi connectivity index (χ1) is 9.98. The van der Waals surface area contributed by atoms with Crippen molar-refractivity contribution < 1.29 is 14.6 Å². The lowest BCUT2D eigenvalue weighted by atomic mass is 10.0. The monoisotopic (exact) mass is 285 g/mol. The Bertz CT molecular complexity index is 608. The molecule has 0 aliphatic rings. The van der Waals surface area contributed by atoms with Crippen LogP contribution in [0.1, 0.15) is 29.3 Å². The van der Waals surface area contributed by atoms with Crippen molar-refractivity contribution in [2.45, 2.75) is 25.5 Å². The molecule has 0 bridgehead atoms. The van der Waals surface area contributed by atoms with Crippen molar-refractivity contribution in [1.29, 1.82) is 0 Å². The zero-order valence-electron chi connectivity index (χ0n) is 12.0. The highest BCUT2D eigenvalue weighted by atomic mass is 16.6. The van der Waals surface area contributed by atoms with Crippen molar-refractivity contribution >= 4 is 5.97 Å². The van der Waals surface area contributed by atoms with Gasteiger partial charge in [0, 0.05) is 6.42 Å². The highest BCUT2D eigenvalue weighted by Crippen LogP contribution is 2.21. The molecule has 2 aromatic carbocycles. The lowest BCUT2D eigenvalue weighted by molar-refractivity contribution is -0.0102. The van der Waals surface area contributed by atoms with Gasteiger partial charge in [-0.2, -0.15) is 0 Å². The van der Waals surface area contributed by atoms with Gasteiger partial charge in [-0.05, 0) is 37.1 Å². The molecule has 4 heteroatoms. The van der Waals surface area contributed by atoms with Crippen LogP contribution in [0.2, 0.25) is 0 Å². The standard InChI is InChI=1S/C17H19NO3/c1-17(18,12-11-13-7-5-6-10-15(13)19)21-16(20)14-8-3-2-4-9-14/h2-10,19H,11-12,18H2,1H3. The van der Waals surface area contributed by atoms with E-state index in [1.54, 1.807) is 43.3 Å². The van der Waals surface area contributed by atoms with Crippen molar-refractivity contribution in [1.82, 2.24) is 0 Å². The Balaban J connectivity index is 1.96. The van der Waals surface area contributed by atoms with Gasteiger partial charge < -0.3 is 9.84 Å². The van der Waals surface area contributed by atoms with E-state index in [1.807, 2.05) is 18.2 Å². The van der Waals surface area contributed by atoms with Crippen LogP contribution >= 0.6 is 0 Å². The molecule has 0 aliphatic heterocycles. The van der Waals surface area contributed by atoms with Gasteiger partial charge in [0.05, 0.1) is 5.56 Å². The van der Waals surface area contributed by atoms with Crippen molar-refractivity contribution in [3.63, 3.8) is 0 Å². The maximum absolute atomic E-state index is 12.0. The van der Waals surface area contributed by atoms with Crippen molar-refractivity contribution in [2.24, 2.45) is 5.73 Å². The Hall–Kier alpha value is -2.33. The number of aromatic hydroxyl groups is 1. The Kier molecular flexibility index (Phi) is 4.60. The van der Waals surface area contributed by atoms with E-state index in [1.165, 1.54) is 0 Å². The third-order valence-electron chi connectivity index (χ3n) is 3.22. The van der Waals surface area contributed by atoms with Crippen LogP contribution in [-0.4, -0.2) is 16.8 Å². The fourth-order valence-electron chi connectivity index (χ4n) is 2.00. The van der Waals surface area contributed by atoms with Gasteiger partial charge in [0.2, 0.25) is 0 Å². The second kappa shape index (κ2) is 6.41. The molecule has 2 rings (SSSR count). The van der Waals surface area contributed by atoms with E-state index in [0.717, 1.165) is 5.56 Å². The predicted molar refractivity (Wildman–Crippen MR) is 80.9 cm³/mol. The van der Waals surface area contributed by atoms with Crippen LogP contribution in [0, 0.1) is 0 Å². The molecule has 4 nitrogen and oxygen atoms in total. The molecule has 2 aromatic rings. The number of rotatable bonds is 5. The molecular formula is C17H19NO3. The van der Waals surface area contributed by atoms with Crippen molar-refractivity contribution in [2.75, 3.05) is 0 Å². The summed E-state index contributed by atoms with van der Waals surface area (Å²) < 4.78 is 5.34. The number of hydrogen-bond donors (Lipinski definition) is 2. The van der Waals surface area contributed by atoms with Gasteiger partial charge in [0.25, 0.3) is 0 Å². The molecule has 0 amide bonds. The zero-order chi connectivity index (χ0) is 15.3. The Morgan fingerprint density at radius 1 is 1.14 bits per heavy atom. The quantitative estimate of drug-likeness (QED) is 0.654. The molecule has 3 N–H and O–H groups in total. The minimum absolute atomic E-state index is 0.225. The summed E-state index contributed by atoms with van der Waals surface area (Å²) in [6, 6.07) is 15.8. The first-order valence-corrected chi connectivity index (χ1v) is 6.82. The average molecular weight is 285 g/mol. The number of aryl methyl sites for hydroxylation is 1. The molecule has 0 saturated heterocycles. The third-order valence-corrected chi connectivity index (χ3v) is 3.22. The predicted octanol–water partition coefficient (Wildman–Crippen LogP) is 2.86. The Labute approximate surface area is 124 Å². The maximum atomic E-state index is 12.0. The number of phenols is 1. The van der Waals surface area contributed by atoms with Crippen LogP contribution in [0.4, 0.5) is 0 Å². The van der Waals surface area contributed by atoms with Crippen LogP contribution < -0.4 is 5.73 Å². The molecule has 1 atom stereocenters. The number of phenolic OH excluding ortho intramolecular Hbond substituents is 1. The molecule has 0 radical (unpaired) electrons. The van der Waals surface area contributed by atoms with E-state index >= 15 is 0 Å². The summed E-state index contributed by atoms with van der Waals surface area (Å²) in [5.74, 6) is -0.222. The number of carbonyl (C=O) groups excluding carboxylic acids is 1. The molecule has 0 fully saturated rings. The van der Waals surface area contributed by atoms with Crippen LogP contribution in [0.25, 0.3) is 0 Å². The van der Waals surface area contributed by atoms with Gasteiger partial charge in [-0.15, -0.1) is 0 Å². The summed E-state index contributed by atoms with van der Waals surface area (Å²) in [6.45, 7) is 1.66. The van der Waals surface area contributed by atoms with E-state index in [2.05, 4.69) is 0 Å². The summed E-state index contributed by atoms with van der Waals surface area (Å²) in [6.07, 6.45) is 0.949. The van der Waals surface area contributed by atoms with E-state index in [4.69, 9.17) is 10.5 Å². The largest absolute Gasteiger partial charge is 0.508 e. The summed E-state index contributed by atoms with van der Waals surface area (Å²) in [5.41, 5.74) is 6.19. The molecule has 0 spiro atoms. The van der Waals surface area contributed by atoms with Crippen LogP contribution in [0.15, 0.2) is 54.6 Å². The smallest absolute Gasteiger partial charge is 0.339 e. The second-order valence-corrected chi connectivity index (χ2v) is 5.20. The Morgan fingerprint density at radius 3 is 2.43 bits per heavy atom. The van der Waals surface area contributed by atoms with E-state index in [-0.39, 0.29) is 5.75 Å². The molecule has 1 unspecified atom stereocenters. The van der Waals surface area contributed by atoms with E-state index in [9.17, 15) is 9.90 Å². The number of carbonyl (C=O) groups is 1. The first kappa shape index (κ1) is 15.1. The number of nitrogens with two attached hydrogens (primary N) is 1. The van der Waals surface area contributed by atoms with Crippen LogP contribution in [0.5, 0.6) is 5.75 Å². The lowest BCUT2D eigenvalue weighted by Gasteiger charge is -2.25. The molecule has 0 heterocycles. The van der Waals surface area contributed by atoms with Crippen LogP contribution in [-0.2, 0) is 11.2 Å². The fraction of sp³-hybridized carbons (Fsp3) is 0.235. The fourth-order valence-corrected chi connectivity index (χ4v) is 2.00. The molecule has 110 valence electrons. The van der Waals surface area contributed by atoms with E-state index in [0.29, 0.717) is 18.4 Å². The van der Waals surface area contributed by atoms with Crippen molar-refractivity contribution in [3.05, 3.63) is 65.7 Å². The SMILES string of the molecule is CC(N)(CCc1ccccc1O)OC(=O)c1ccccc1. The van der Waals surface area contributed by atoms with Gasteiger partial charge in [-0.3, -0.25) is 5.73 Å². The summed E-state index contributed by atoms with van der Waals surface area (Å²) in [5, 5.41) is 9.72. The van der Waals surface area contributed by atoms with Gasteiger partial charge in [0.1, 0.15) is 5.75 Å². The number of hydrogen-bond acceptors (Lipinski definition) is 4. The van der Waals surface area contributed by atoms with E-state index < -0.39 is 11.7 Å². The average Bonchev–Trinajstić information content (AvgIpc) is 2.47.